The summed E-state index contributed by atoms with van der Waals surface area (Å²) in [5.74, 6) is -1.72. The molecule has 7 nitrogen and oxygen atoms in total. The molecule has 0 saturated heterocycles. The van der Waals surface area contributed by atoms with Crippen molar-refractivity contribution < 1.29 is 23.9 Å². The Morgan fingerprint density at radius 3 is 2.23 bits per heavy atom. The van der Waals surface area contributed by atoms with E-state index in [4.69, 9.17) is 5.73 Å². The molecule has 1 aromatic carbocycles. The van der Waals surface area contributed by atoms with E-state index in [0.29, 0.717) is 5.69 Å². The predicted octanol–water partition coefficient (Wildman–Crippen LogP) is 0.454. The highest BCUT2D eigenvalue weighted by atomic mass is 35.5. The van der Waals surface area contributed by atoms with Crippen LogP contribution in [0.5, 0.6) is 0 Å². The lowest BCUT2D eigenvalue weighted by Gasteiger charge is -2.15. The number of methoxy groups -OCH3 is 2. The number of rotatable bonds is 6. The molecule has 1 amide bonds. The van der Waals surface area contributed by atoms with Crippen LogP contribution in [0.3, 0.4) is 0 Å². The number of carbonyl (C=O) groups excluding carboxylic acids is 3. The third-order valence-electron chi connectivity index (χ3n) is 2.76. The molecule has 0 fully saturated rings. The molecule has 0 aliphatic carbocycles. The topological polar surface area (TPSA) is 108 Å². The number of carbonyl (C=O) groups is 3. The van der Waals surface area contributed by atoms with Crippen LogP contribution >= 0.6 is 12.4 Å². The summed E-state index contributed by atoms with van der Waals surface area (Å²) in [5, 5.41) is 2.45. The molecule has 0 aromatic heterocycles. The summed E-state index contributed by atoms with van der Waals surface area (Å²) in [5.41, 5.74) is 6.89. The van der Waals surface area contributed by atoms with E-state index in [0.717, 1.165) is 5.56 Å². The summed E-state index contributed by atoms with van der Waals surface area (Å²) in [4.78, 5) is 34.7. The van der Waals surface area contributed by atoms with Crippen LogP contribution in [0.25, 0.3) is 0 Å². The minimum absolute atomic E-state index is 0. The number of esters is 2. The van der Waals surface area contributed by atoms with E-state index in [9.17, 15) is 14.4 Å². The maximum Gasteiger partial charge on any atom is 0.328 e. The largest absolute Gasteiger partial charge is 0.469 e. The quantitative estimate of drug-likeness (QED) is 0.579. The van der Waals surface area contributed by atoms with Crippen molar-refractivity contribution in [2.24, 2.45) is 0 Å². The van der Waals surface area contributed by atoms with Crippen molar-refractivity contribution in [1.82, 2.24) is 5.32 Å². The van der Waals surface area contributed by atoms with E-state index in [-0.39, 0.29) is 25.2 Å². The van der Waals surface area contributed by atoms with E-state index >= 15 is 0 Å². The summed E-state index contributed by atoms with van der Waals surface area (Å²) in [6.07, 6.45) is -0.217. The second-order valence-corrected chi connectivity index (χ2v) is 4.34. The zero-order chi connectivity index (χ0) is 15.8. The Labute approximate surface area is 134 Å². The summed E-state index contributed by atoms with van der Waals surface area (Å²) < 4.78 is 9.02. The molecule has 1 rings (SSSR count). The molecule has 0 heterocycles. The first kappa shape index (κ1) is 19.7. The Hall–Kier alpha value is -2.28. The Kier molecular flexibility index (Phi) is 8.62. The molecular weight excluding hydrogens is 312 g/mol. The maximum absolute atomic E-state index is 11.9. The van der Waals surface area contributed by atoms with E-state index in [2.05, 4.69) is 14.8 Å². The SMILES string of the molecule is COC(=O)CC(NC(=O)Cc1ccc(N)cc1)C(=O)OC.Cl. The first-order valence-corrected chi connectivity index (χ1v) is 6.24. The highest BCUT2D eigenvalue weighted by Crippen LogP contribution is 2.06. The predicted molar refractivity (Wildman–Crippen MR) is 82.4 cm³/mol. The zero-order valence-corrected chi connectivity index (χ0v) is 13.1. The molecule has 8 heteroatoms. The maximum atomic E-state index is 11.9. The van der Waals surface area contributed by atoms with Gasteiger partial charge in [-0.2, -0.15) is 0 Å². The molecular formula is C14H19ClN2O5. The van der Waals surface area contributed by atoms with Crippen LogP contribution in [0.1, 0.15) is 12.0 Å². The van der Waals surface area contributed by atoms with E-state index in [1.807, 2.05) is 0 Å². The lowest BCUT2D eigenvalue weighted by Crippen LogP contribution is -2.43. The van der Waals surface area contributed by atoms with Crippen LogP contribution in [0.15, 0.2) is 24.3 Å². The Morgan fingerprint density at radius 2 is 1.73 bits per heavy atom. The number of amides is 1. The fourth-order valence-corrected chi connectivity index (χ4v) is 1.65. The molecule has 0 radical (unpaired) electrons. The first-order valence-electron chi connectivity index (χ1n) is 6.24. The third-order valence-corrected chi connectivity index (χ3v) is 2.76. The van der Waals surface area contributed by atoms with Gasteiger partial charge in [0.25, 0.3) is 0 Å². The van der Waals surface area contributed by atoms with Crippen molar-refractivity contribution in [3.63, 3.8) is 0 Å². The van der Waals surface area contributed by atoms with Crippen molar-refractivity contribution in [3.05, 3.63) is 29.8 Å². The summed E-state index contributed by atoms with van der Waals surface area (Å²) in [7, 11) is 2.38. The van der Waals surface area contributed by atoms with Gasteiger partial charge in [0, 0.05) is 5.69 Å². The van der Waals surface area contributed by atoms with Crippen molar-refractivity contribution in [2.45, 2.75) is 18.9 Å². The van der Waals surface area contributed by atoms with E-state index in [1.54, 1.807) is 24.3 Å². The average Bonchev–Trinajstić information content (AvgIpc) is 2.47. The minimum atomic E-state index is -1.07. The van der Waals surface area contributed by atoms with Crippen LogP contribution in [0.2, 0.25) is 0 Å². The van der Waals surface area contributed by atoms with Gasteiger partial charge in [0.05, 0.1) is 27.1 Å². The number of halogens is 1. The van der Waals surface area contributed by atoms with Gasteiger partial charge in [-0.25, -0.2) is 4.79 Å². The van der Waals surface area contributed by atoms with Crippen LogP contribution in [0.4, 0.5) is 5.69 Å². The number of anilines is 1. The number of nitrogens with two attached hydrogens (primary N) is 1. The minimum Gasteiger partial charge on any atom is -0.469 e. The van der Waals surface area contributed by atoms with Gasteiger partial charge in [0.1, 0.15) is 6.04 Å². The summed E-state index contributed by atoms with van der Waals surface area (Å²) in [6, 6.07) is 5.71. The molecule has 1 aromatic rings. The molecule has 0 aliphatic rings. The second kappa shape index (κ2) is 9.62. The lowest BCUT2D eigenvalue weighted by molar-refractivity contribution is -0.150. The van der Waals surface area contributed by atoms with Crippen LogP contribution in [-0.4, -0.2) is 38.1 Å². The molecule has 0 aliphatic heterocycles. The van der Waals surface area contributed by atoms with Gasteiger partial charge in [0.2, 0.25) is 5.91 Å². The summed E-state index contributed by atoms with van der Waals surface area (Å²) in [6.45, 7) is 0. The summed E-state index contributed by atoms with van der Waals surface area (Å²) >= 11 is 0. The van der Waals surface area contributed by atoms with Crippen molar-refractivity contribution >= 4 is 35.9 Å². The number of nitrogen functional groups attached to an aromatic ring is 1. The van der Waals surface area contributed by atoms with Gasteiger partial charge >= 0.3 is 11.9 Å². The third kappa shape index (κ3) is 6.45. The molecule has 3 N–H and O–H groups in total. The normalized spacial score (nSPS) is 10.8. The second-order valence-electron chi connectivity index (χ2n) is 4.34. The number of nitrogens with one attached hydrogen (secondary N) is 1. The van der Waals surface area contributed by atoms with E-state index < -0.39 is 23.9 Å². The zero-order valence-electron chi connectivity index (χ0n) is 12.3. The average molecular weight is 331 g/mol. The van der Waals surface area contributed by atoms with Gasteiger partial charge in [-0.05, 0) is 17.7 Å². The van der Waals surface area contributed by atoms with Crippen LogP contribution in [-0.2, 0) is 30.3 Å². The van der Waals surface area contributed by atoms with Crippen LogP contribution < -0.4 is 11.1 Å². The molecule has 0 spiro atoms. The Balaban J connectivity index is 0.00000441. The Morgan fingerprint density at radius 1 is 1.14 bits per heavy atom. The lowest BCUT2D eigenvalue weighted by atomic mass is 10.1. The molecule has 22 heavy (non-hydrogen) atoms. The highest BCUT2D eigenvalue weighted by Gasteiger charge is 2.25. The molecule has 122 valence electrons. The number of benzene rings is 1. The van der Waals surface area contributed by atoms with E-state index in [1.165, 1.54) is 14.2 Å². The van der Waals surface area contributed by atoms with Crippen LogP contribution in [0, 0.1) is 0 Å². The first-order chi connectivity index (χ1) is 9.96. The number of hydrogen-bond donors (Lipinski definition) is 2. The van der Waals surface area contributed by atoms with Gasteiger partial charge in [-0.3, -0.25) is 9.59 Å². The van der Waals surface area contributed by atoms with Gasteiger partial charge in [-0.1, -0.05) is 12.1 Å². The fraction of sp³-hybridized carbons (Fsp3) is 0.357. The van der Waals surface area contributed by atoms with Gasteiger partial charge < -0.3 is 20.5 Å². The van der Waals surface area contributed by atoms with Crippen molar-refractivity contribution in [3.8, 4) is 0 Å². The number of hydrogen-bond acceptors (Lipinski definition) is 6. The molecule has 1 unspecified atom stereocenters. The van der Waals surface area contributed by atoms with Crippen molar-refractivity contribution in [1.29, 1.82) is 0 Å². The Bertz CT molecular complexity index is 518. The van der Waals surface area contributed by atoms with Crippen molar-refractivity contribution in [2.75, 3.05) is 20.0 Å². The number of ether oxygens (including phenoxy) is 2. The molecule has 1 atom stereocenters. The van der Waals surface area contributed by atoms with Gasteiger partial charge in [-0.15, -0.1) is 12.4 Å². The molecule has 0 saturated carbocycles. The monoisotopic (exact) mass is 330 g/mol. The van der Waals surface area contributed by atoms with Gasteiger partial charge in [0.15, 0.2) is 0 Å². The fourth-order valence-electron chi connectivity index (χ4n) is 1.65. The standard InChI is InChI=1S/C14H18N2O5.ClH/c1-20-13(18)8-11(14(19)21-2)16-12(17)7-9-3-5-10(15)6-4-9;/h3-6,11H,7-8,15H2,1-2H3,(H,16,17);1H. The molecule has 0 bridgehead atoms. The smallest absolute Gasteiger partial charge is 0.328 e. The highest BCUT2D eigenvalue weighted by molar-refractivity contribution is 5.88.